The number of aromatic nitrogens is 2. The number of likely N-dealkylation sites (tertiary alicyclic amines) is 1. The van der Waals surface area contributed by atoms with Crippen LogP contribution in [0.3, 0.4) is 0 Å². The molecule has 1 aliphatic rings. The van der Waals surface area contributed by atoms with Crippen LogP contribution in [0, 0.1) is 5.92 Å². The standard InChI is InChI=1S/C17H25N3O4/c1-4-24-17(23)13-6-5-7-19(9-13)16(22)10-20-11-18-14(12(2)3)8-15(20)21/h8,11-13H,4-7,9-10H2,1-3H3. The Bertz CT molecular complexity index is 653. The van der Waals surface area contributed by atoms with E-state index >= 15 is 0 Å². The first kappa shape index (κ1) is 18.2. The maximum absolute atomic E-state index is 12.5. The average molecular weight is 335 g/mol. The van der Waals surface area contributed by atoms with Crippen LogP contribution in [-0.4, -0.2) is 46.0 Å². The van der Waals surface area contributed by atoms with E-state index in [0.29, 0.717) is 25.4 Å². The predicted molar refractivity (Wildman–Crippen MR) is 88.5 cm³/mol. The van der Waals surface area contributed by atoms with Crippen LogP contribution < -0.4 is 5.56 Å². The Balaban J connectivity index is 2.01. The third kappa shape index (κ3) is 4.43. The van der Waals surface area contributed by atoms with Gasteiger partial charge in [-0.3, -0.25) is 19.0 Å². The number of carbonyl (C=O) groups excluding carboxylic acids is 2. The summed E-state index contributed by atoms with van der Waals surface area (Å²) in [4.78, 5) is 42.3. The Hall–Kier alpha value is -2.18. The lowest BCUT2D eigenvalue weighted by Gasteiger charge is -2.31. The monoisotopic (exact) mass is 335 g/mol. The van der Waals surface area contributed by atoms with E-state index in [1.807, 2.05) is 13.8 Å². The van der Waals surface area contributed by atoms with Gasteiger partial charge in [0, 0.05) is 19.2 Å². The molecule has 24 heavy (non-hydrogen) atoms. The smallest absolute Gasteiger partial charge is 0.310 e. The highest BCUT2D eigenvalue weighted by Crippen LogP contribution is 2.18. The first-order chi connectivity index (χ1) is 11.4. The third-order valence-corrected chi connectivity index (χ3v) is 4.19. The predicted octanol–water partition coefficient (Wildman–Crippen LogP) is 1.17. The number of rotatable bonds is 5. The maximum Gasteiger partial charge on any atom is 0.310 e. The van der Waals surface area contributed by atoms with E-state index in [0.717, 1.165) is 12.8 Å². The van der Waals surface area contributed by atoms with E-state index in [2.05, 4.69) is 4.98 Å². The molecule has 7 heteroatoms. The third-order valence-electron chi connectivity index (χ3n) is 4.19. The molecule has 1 unspecified atom stereocenters. The van der Waals surface area contributed by atoms with Gasteiger partial charge < -0.3 is 9.64 Å². The second kappa shape index (κ2) is 8.08. The number of ether oxygens (including phenoxy) is 1. The summed E-state index contributed by atoms with van der Waals surface area (Å²) >= 11 is 0. The molecule has 132 valence electrons. The first-order valence-electron chi connectivity index (χ1n) is 8.43. The van der Waals surface area contributed by atoms with Crippen molar-refractivity contribution in [1.82, 2.24) is 14.5 Å². The first-order valence-corrected chi connectivity index (χ1v) is 8.43. The van der Waals surface area contributed by atoms with Crippen molar-refractivity contribution in [2.24, 2.45) is 5.92 Å². The minimum absolute atomic E-state index is 0.0558. The zero-order chi connectivity index (χ0) is 17.7. The van der Waals surface area contributed by atoms with Crippen molar-refractivity contribution in [2.45, 2.75) is 46.1 Å². The summed E-state index contributed by atoms with van der Waals surface area (Å²) in [5.74, 6) is -0.545. The summed E-state index contributed by atoms with van der Waals surface area (Å²) in [7, 11) is 0. The molecule has 1 aromatic rings. The van der Waals surface area contributed by atoms with Gasteiger partial charge in [-0.15, -0.1) is 0 Å². The van der Waals surface area contributed by atoms with E-state index in [1.54, 1.807) is 11.8 Å². The second-order valence-electron chi connectivity index (χ2n) is 6.37. The highest BCUT2D eigenvalue weighted by Gasteiger charge is 2.29. The fourth-order valence-corrected chi connectivity index (χ4v) is 2.78. The van der Waals surface area contributed by atoms with Gasteiger partial charge in [0.15, 0.2) is 0 Å². The normalized spacial score (nSPS) is 17.8. The lowest BCUT2D eigenvalue weighted by atomic mass is 9.98. The van der Waals surface area contributed by atoms with Crippen LogP contribution in [0.4, 0.5) is 0 Å². The topological polar surface area (TPSA) is 81.5 Å². The molecule has 1 aromatic heterocycles. The molecule has 7 nitrogen and oxygen atoms in total. The summed E-state index contributed by atoms with van der Waals surface area (Å²) in [6.45, 7) is 6.92. The van der Waals surface area contributed by atoms with Crippen LogP contribution >= 0.6 is 0 Å². The van der Waals surface area contributed by atoms with E-state index in [9.17, 15) is 14.4 Å². The van der Waals surface area contributed by atoms with Gasteiger partial charge in [0.25, 0.3) is 5.56 Å². The molecule has 0 bridgehead atoms. The van der Waals surface area contributed by atoms with Crippen molar-refractivity contribution >= 4 is 11.9 Å². The molecule has 1 fully saturated rings. The van der Waals surface area contributed by atoms with E-state index in [4.69, 9.17) is 4.74 Å². The van der Waals surface area contributed by atoms with Gasteiger partial charge in [0.05, 0.1) is 24.5 Å². The fraction of sp³-hybridized carbons (Fsp3) is 0.647. The molecule has 1 amide bonds. The van der Waals surface area contributed by atoms with Gasteiger partial charge in [0.1, 0.15) is 6.54 Å². The van der Waals surface area contributed by atoms with Crippen molar-refractivity contribution in [3.8, 4) is 0 Å². The average Bonchev–Trinajstić information content (AvgIpc) is 2.56. The maximum atomic E-state index is 12.5. The van der Waals surface area contributed by atoms with Crippen LogP contribution in [-0.2, 0) is 20.9 Å². The fourth-order valence-electron chi connectivity index (χ4n) is 2.78. The highest BCUT2D eigenvalue weighted by molar-refractivity contribution is 5.78. The lowest BCUT2D eigenvalue weighted by Crippen LogP contribution is -2.45. The molecule has 0 saturated carbocycles. The van der Waals surface area contributed by atoms with Crippen molar-refractivity contribution in [1.29, 1.82) is 0 Å². The summed E-state index contributed by atoms with van der Waals surface area (Å²) in [5.41, 5.74) is 0.477. The van der Waals surface area contributed by atoms with Crippen LogP contribution in [0.1, 0.15) is 45.2 Å². The van der Waals surface area contributed by atoms with E-state index in [1.165, 1.54) is 17.0 Å². The molecule has 0 N–H and O–H groups in total. The highest BCUT2D eigenvalue weighted by atomic mass is 16.5. The number of carbonyl (C=O) groups is 2. The summed E-state index contributed by atoms with van der Waals surface area (Å²) in [6.07, 6.45) is 2.91. The summed E-state index contributed by atoms with van der Waals surface area (Å²) < 4.78 is 6.35. The number of nitrogens with zero attached hydrogens (tertiary/aromatic N) is 3. The Labute approximate surface area is 141 Å². The number of hydrogen-bond acceptors (Lipinski definition) is 5. The quantitative estimate of drug-likeness (QED) is 0.755. The molecule has 2 rings (SSSR count). The number of esters is 1. The van der Waals surface area contributed by atoms with Gasteiger partial charge in [-0.2, -0.15) is 0 Å². The molecule has 0 radical (unpaired) electrons. The molecular formula is C17H25N3O4. The zero-order valence-corrected chi connectivity index (χ0v) is 14.5. The molecule has 2 heterocycles. The summed E-state index contributed by atoms with van der Waals surface area (Å²) in [5, 5.41) is 0. The Morgan fingerprint density at radius 2 is 2.17 bits per heavy atom. The van der Waals surface area contributed by atoms with Gasteiger partial charge in [-0.25, -0.2) is 4.98 Å². The molecule has 1 saturated heterocycles. The zero-order valence-electron chi connectivity index (χ0n) is 14.5. The number of piperidine rings is 1. The Kier molecular flexibility index (Phi) is 6.11. The van der Waals surface area contributed by atoms with Crippen molar-refractivity contribution < 1.29 is 14.3 Å². The molecule has 1 atom stereocenters. The van der Waals surface area contributed by atoms with Crippen molar-refractivity contribution in [2.75, 3.05) is 19.7 Å². The Morgan fingerprint density at radius 3 is 2.79 bits per heavy atom. The minimum Gasteiger partial charge on any atom is -0.466 e. The van der Waals surface area contributed by atoms with Crippen LogP contribution in [0.2, 0.25) is 0 Å². The molecule has 0 aliphatic carbocycles. The van der Waals surface area contributed by atoms with Gasteiger partial charge in [-0.1, -0.05) is 13.8 Å². The molecule has 1 aliphatic heterocycles. The van der Waals surface area contributed by atoms with E-state index < -0.39 is 0 Å². The van der Waals surface area contributed by atoms with Crippen molar-refractivity contribution in [3.05, 3.63) is 28.4 Å². The number of hydrogen-bond donors (Lipinski definition) is 0. The van der Waals surface area contributed by atoms with Crippen molar-refractivity contribution in [3.63, 3.8) is 0 Å². The van der Waals surface area contributed by atoms with Gasteiger partial charge in [0.2, 0.25) is 5.91 Å². The SMILES string of the molecule is CCOC(=O)C1CCCN(C(=O)Cn2cnc(C(C)C)cc2=O)C1. The largest absolute Gasteiger partial charge is 0.466 e. The van der Waals surface area contributed by atoms with Gasteiger partial charge >= 0.3 is 5.97 Å². The van der Waals surface area contributed by atoms with Crippen LogP contribution in [0.5, 0.6) is 0 Å². The van der Waals surface area contributed by atoms with Gasteiger partial charge in [-0.05, 0) is 25.7 Å². The lowest BCUT2D eigenvalue weighted by molar-refractivity contribution is -0.151. The number of amides is 1. The molecule has 0 spiro atoms. The summed E-state index contributed by atoms with van der Waals surface area (Å²) in [6, 6.07) is 1.47. The van der Waals surface area contributed by atoms with Crippen LogP contribution in [0.25, 0.3) is 0 Å². The van der Waals surface area contributed by atoms with E-state index in [-0.39, 0.29) is 35.8 Å². The molecular weight excluding hydrogens is 310 g/mol. The minimum atomic E-state index is -0.277. The Morgan fingerprint density at radius 1 is 1.42 bits per heavy atom. The second-order valence-corrected chi connectivity index (χ2v) is 6.37. The van der Waals surface area contributed by atoms with Crippen LogP contribution in [0.15, 0.2) is 17.2 Å². The molecule has 0 aromatic carbocycles.